The number of phenols is 1. The number of hydrogen-bond acceptors (Lipinski definition) is 13. The fourth-order valence-electron chi connectivity index (χ4n) is 8.79. The monoisotopic (exact) mass is 1010 g/mol. The van der Waals surface area contributed by atoms with Crippen molar-refractivity contribution in [2.45, 2.75) is 199 Å². The summed E-state index contributed by atoms with van der Waals surface area (Å²) in [5, 5.41) is 29.4. The van der Waals surface area contributed by atoms with Crippen molar-refractivity contribution < 1.29 is 63.0 Å². The van der Waals surface area contributed by atoms with E-state index in [1.165, 1.54) is 30.1 Å². The third kappa shape index (κ3) is 19.6. The highest BCUT2D eigenvalue weighted by atomic mass is 16.6. The van der Waals surface area contributed by atoms with E-state index in [2.05, 4.69) is 13.8 Å². The normalized spacial score (nSPS) is 16.5. The molecule has 0 spiro atoms. The maximum absolute atomic E-state index is 13.4. The third-order valence-corrected chi connectivity index (χ3v) is 13.0. The average Bonchev–Trinajstić information content (AvgIpc) is 4.07. The summed E-state index contributed by atoms with van der Waals surface area (Å²) < 4.78 is 22.5. The van der Waals surface area contributed by atoms with Crippen LogP contribution < -0.4 is 20.9 Å². The third-order valence-electron chi connectivity index (χ3n) is 13.0. The van der Waals surface area contributed by atoms with E-state index in [4.69, 9.17) is 30.4 Å². The number of methoxy groups -OCH3 is 2. The number of amides is 4. The zero-order valence-corrected chi connectivity index (χ0v) is 43.3. The quantitative estimate of drug-likeness (QED) is 0.0342. The Hall–Kier alpha value is -5.94. The summed E-state index contributed by atoms with van der Waals surface area (Å²) in [7, 11) is 2.93. The van der Waals surface area contributed by atoms with E-state index in [1.54, 1.807) is 36.7 Å². The van der Waals surface area contributed by atoms with E-state index in [0.29, 0.717) is 62.7 Å². The molecule has 0 saturated heterocycles. The van der Waals surface area contributed by atoms with Gasteiger partial charge in [-0.1, -0.05) is 108 Å². The Bertz CT molecular complexity index is 1950. The molecule has 17 nitrogen and oxygen atoms in total. The number of aliphatic hydroxyl groups is 2. The minimum absolute atomic E-state index is 0.00128. The molecule has 0 bridgehead atoms. The standard InChI is InChI=1S/C28H42N2O6.C27H40N2O7/c1-4-5-6-8-14-21(15-9-7-10-17-23(31)26(29)32)36-28(34)22-16-12-19-30(22)27(33)25-20(2)13-11-18-24(25)35-3;1-3-4-5-7-12-19(13-8-6-9-15-22(31)25(28)32)36-27(34)20-14-11-18-29(20)26(33)24-21(30)16-10-17-23(24)35-2/h11-13,18-19,21-23,31H,4-10,14-17H2,1-3H3,(H2,29,32);10-11,16-20,22,30-31H,3-9,12-15H2,1-2H3,(H2,28,32)/t21-,22+,23-;19-,20+,22-/m11/s1. The number of carbonyl (C=O) groups excluding carboxylic acids is 6. The number of phenolic OH excluding ortho intramolecular Hbond substituents is 1. The van der Waals surface area contributed by atoms with Crippen molar-refractivity contribution in [3.8, 4) is 17.2 Å². The molecule has 0 saturated carbocycles. The summed E-state index contributed by atoms with van der Waals surface area (Å²) in [6.07, 6.45) is 21.2. The highest BCUT2D eigenvalue weighted by molar-refractivity contribution is 6.03. The predicted molar refractivity (Wildman–Crippen MR) is 274 cm³/mol. The van der Waals surface area contributed by atoms with E-state index < -0.39 is 54.0 Å². The second-order valence-electron chi connectivity index (χ2n) is 18.6. The largest absolute Gasteiger partial charge is 0.507 e. The molecule has 2 aliphatic rings. The van der Waals surface area contributed by atoms with Crippen molar-refractivity contribution in [1.82, 2.24) is 9.80 Å². The predicted octanol–water partition coefficient (Wildman–Crippen LogP) is 8.22. The number of hydrogen-bond donors (Lipinski definition) is 5. The topological polar surface area (TPSA) is 259 Å². The van der Waals surface area contributed by atoms with Crippen molar-refractivity contribution in [3.05, 3.63) is 77.6 Å². The number of nitrogens with two attached hydrogens (primary N) is 2. The molecule has 4 rings (SSSR count). The van der Waals surface area contributed by atoms with E-state index in [0.717, 1.165) is 95.5 Å². The lowest BCUT2D eigenvalue weighted by Gasteiger charge is -2.26. The van der Waals surface area contributed by atoms with Gasteiger partial charge in [-0.3, -0.25) is 19.2 Å². The van der Waals surface area contributed by atoms with Crippen molar-refractivity contribution in [2.24, 2.45) is 11.5 Å². The summed E-state index contributed by atoms with van der Waals surface area (Å²) in [5.74, 6) is -2.64. The molecule has 0 fully saturated rings. The maximum atomic E-state index is 13.4. The van der Waals surface area contributed by atoms with Gasteiger partial charge in [0.15, 0.2) is 0 Å². The number of aliphatic hydroxyl groups excluding tert-OH is 2. The summed E-state index contributed by atoms with van der Waals surface area (Å²) in [4.78, 5) is 77.6. The van der Waals surface area contributed by atoms with Gasteiger partial charge in [0.1, 0.15) is 59.3 Å². The molecule has 0 aliphatic carbocycles. The molecule has 2 aromatic carbocycles. The number of carbonyl (C=O) groups is 6. The second kappa shape index (κ2) is 32.9. The van der Waals surface area contributed by atoms with Gasteiger partial charge in [-0.2, -0.15) is 0 Å². The number of aryl methyl sites for hydroxylation is 1. The SMILES string of the molecule is CCCCCC[C@H](CCCCC[C@@H](O)C(N)=O)OC(=O)[C@@H]1CC=CN1C(=O)c1c(C)cccc1OC.CCCCCC[C@H](CCCCC[C@@H](O)C(N)=O)OC(=O)[C@@H]1CC=CN1C(=O)c1c(O)cccc1OC. The van der Waals surface area contributed by atoms with E-state index >= 15 is 0 Å². The first-order valence-corrected chi connectivity index (χ1v) is 25.9. The fourth-order valence-corrected chi connectivity index (χ4v) is 8.79. The summed E-state index contributed by atoms with van der Waals surface area (Å²) in [6, 6.07) is 8.45. The van der Waals surface area contributed by atoms with Crippen LogP contribution in [-0.2, 0) is 28.7 Å². The maximum Gasteiger partial charge on any atom is 0.329 e. The lowest BCUT2D eigenvalue weighted by Crippen LogP contribution is -2.41. The number of esters is 2. The van der Waals surface area contributed by atoms with Gasteiger partial charge in [0.2, 0.25) is 11.8 Å². The number of unbranched alkanes of at least 4 members (excludes halogenated alkanes) is 10. The number of benzene rings is 2. The molecule has 6 atom stereocenters. The highest BCUT2D eigenvalue weighted by Crippen LogP contribution is 2.32. The molecule has 2 aromatic rings. The first kappa shape index (κ1) is 60.4. The van der Waals surface area contributed by atoms with Crippen LogP contribution >= 0.6 is 0 Å². The summed E-state index contributed by atoms with van der Waals surface area (Å²) in [6.45, 7) is 6.13. The minimum Gasteiger partial charge on any atom is -0.507 e. The van der Waals surface area contributed by atoms with Gasteiger partial charge in [-0.25, -0.2) is 9.59 Å². The van der Waals surface area contributed by atoms with Gasteiger partial charge in [0.05, 0.1) is 19.8 Å². The van der Waals surface area contributed by atoms with Crippen LogP contribution in [0.25, 0.3) is 0 Å². The van der Waals surface area contributed by atoms with Crippen molar-refractivity contribution in [3.63, 3.8) is 0 Å². The van der Waals surface area contributed by atoms with Crippen LogP contribution in [-0.4, -0.2) is 111 Å². The molecule has 72 heavy (non-hydrogen) atoms. The van der Waals surface area contributed by atoms with Crippen LogP contribution in [0.5, 0.6) is 17.2 Å². The first-order valence-electron chi connectivity index (χ1n) is 25.9. The van der Waals surface area contributed by atoms with Crippen LogP contribution in [0.15, 0.2) is 61.0 Å². The smallest absolute Gasteiger partial charge is 0.329 e. The van der Waals surface area contributed by atoms with Gasteiger partial charge in [0, 0.05) is 12.4 Å². The Morgan fingerprint density at radius 2 is 0.944 bits per heavy atom. The Balaban J connectivity index is 0.000000380. The van der Waals surface area contributed by atoms with Crippen molar-refractivity contribution >= 4 is 35.6 Å². The van der Waals surface area contributed by atoms with Crippen LogP contribution in [0.2, 0.25) is 0 Å². The zero-order valence-electron chi connectivity index (χ0n) is 43.3. The van der Waals surface area contributed by atoms with Crippen molar-refractivity contribution in [2.75, 3.05) is 14.2 Å². The molecule has 0 aromatic heterocycles. The number of primary amides is 2. The number of nitrogens with zero attached hydrogens (tertiary/aromatic N) is 2. The fraction of sp³-hybridized carbons (Fsp3) is 0.600. The lowest BCUT2D eigenvalue weighted by molar-refractivity contribution is -0.155. The first-order chi connectivity index (χ1) is 34.6. The molecule has 0 radical (unpaired) electrons. The van der Waals surface area contributed by atoms with Gasteiger partial charge in [-0.05, 0) is 108 Å². The molecule has 4 amide bonds. The van der Waals surface area contributed by atoms with E-state index in [-0.39, 0.29) is 35.2 Å². The number of ether oxygens (including phenoxy) is 4. The van der Waals surface area contributed by atoms with Gasteiger partial charge in [0.25, 0.3) is 11.8 Å². The molecule has 17 heteroatoms. The van der Waals surface area contributed by atoms with E-state index in [9.17, 15) is 44.1 Å². The molecule has 2 heterocycles. The zero-order chi connectivity index (χ0) is 53.0. The molecule has 400 valence electrons. The second-order valence-corrected chi connectivity index (χ2v) is 18.6. The highest BCUT2D eigenvalue weighted by Gasteiger charge is 2.37. The molecular formula is C55H82N4O13. The van der Waals surface area contributed by atoms with Crippen LogP contribution in [0.1, 0.15) is 181 Å². The van der Waals surface area contributed by atoms with Gasteiger partial charge >= 0.3 is 11.9 Å². The Morgan fingerprint density at radius 1 is 0.569 bits per heavy atom. The van der Waals surface area contributed by atoms with Gasteiger partial charge in [-0.15, -0.1) is 0 Å². The lowest BCUT2D eigenvalue weighted by atomic mass is 10.0. The molecular weight excluding hydrogens is 925 g/mol. The minimum atomic E-state index is -1.13. The number of aromatic hydroxyl groups is 1. The molecule has 0 unspecified atom stereocenters. The van der Waals surface area contributed by atoms with E-state index in [1.807, 2.05) is 25.1 Å². The Morgan fingerprint density at radius 3 is 1.35 bits per heavy atom. The summed E-state index contributed by atoms with van der Waals surface area (Å²) >= 11 is 0. The Labute approximate surface area is 426 Å². The average molecular weight is 1010 g/mol. The molecule has 2 aliphatic heterocycles. The number of rotatable bonds is 32. The van der Waals surface area contributed by atoms with Crippen LogP contribution in [0.4, 0.5) is 0 Å². The van der Waals surface area contributed by atoms with Crippen LogP contribution in [0.3, 0.4) is 0 Å². The summed E-state index contributed by atoms with van der Waals surface area (Å²) in [5.41, 5.74) is 11.4. The molecule has 7 N–H and O–H groups in total. The van der Waals surface area contributed by atoms with Crippen LogP contribution in [0, 0.1) is 6.92 Å². The van der Waals surface area contributed by atoms with Crippen molar-refractivity contribution in [1.29, 1.82) is 0 Å². The Kier molecular flexibility index (Phi) is 27.6. The van der Waals surface area contributed by atoms with Gasteiger partial charge < -0.3 is 55.5 Å².